The summed E-state index contributed by atoms with van der Waals surface area (Å²) in [5, 5.41) is 5.63. The van der Waals surface area contributed by atoms with Crippen LogP contribution in [0.4, 0.5) is 5.69 Å². The molecule has 0 aromatic heterocycles. The first kappa shape index (κ1) is 19.5. The van der Waals surface area contributed by atoms with Crippen LogP contribution in [0.1, 0.15) is 42.3 Å². The Balaban J connectivity index is 2.12. The number of rotatable bonds is 6. The Labute approximate surface area is 154 Å². The lowest BCUT2D eigenvalue weighted by Gasteiger charge is -2.18. The Morgan fingerprint density at radius 1 is 1.00 bits per heavy atom. The second-order valence-corrected chi connectivity index (χ2v) is 6.69. The maximum atomic E-state index is 12.5. The van der Waals surface area contributed by atoms with Crippen molar-refractivity contribution >= 4 is 17.5 Å². The van der Waals surface area contributed by atoms with Crippen molar-refractivity contribution in [1.82, 2.24) is 5.32 Å². The highest BCUT2D eigenvalue weighted by atomic mass is 16.5. The molecule has 2 N–H and O–H groups in total. The molecule has 5 heteroatoms. The van der Waals surface area contributed by atoms with Gasteiger partial charge in [0.25, 0.3) is 11.8 Å². The fourth-order valence-electron chi connectivity index (χ4n) is 2.44. The minimum atomic E-state index is -0.697. The number of ether oxygens (including phenoxy) is 1. The first-order chi connectivity index (χ1) is 12.3. The monoisotopic (exact) mass is 354 g/mol. The van der Waals surface area contributed by atoms with E-state index in [4.69, 9.17) is 4.74 Å². The summed E-state index contributed by atoms with van der Waals surface area (Å²) >= 11 is 0. The van der Waals surface area contributed by atoms with Crippen molar-refractivity contribution in [2.75, 3.05) is 5.32 Å². The van der Waals surface area contributed by atoms with Gasteiger partial charge in [-0.1, -0.05) is 24.3 Å². The molecule has 0 aliphatic heterocycles. The van der Waals surface area contributed by atoms with Crippen molar-refractivity contribution in [1.29, 1.82) is 0 Å². The van der Waals surface area contributed by atoms with Crippen LogP contribution < -0.4 is 15.4 Å². The van der Waals surface area contributed by atoms with E-state index in [9.17, 15) is 9.59 Å². The second kappa shape index (κ2) is 8.52. The SMILES string of the molecule is Cc1ccc(C)c(OC(C)C(=O)Nc2ccccc2C(=O)NC(C)C)c1. The predicted molar refractivity (Wildman–Crippen MR) is 104 cm³/mol. The summed E-state index contributed by atoms with van der Waals surface area (Å²) in [6, 6.07) is 12.8. The Bertz CT molecular complexity index is 800. The maximum absolute atomic E-state index is 12.5. The summed E-state index contributed by atoms with van der Waals surface area (Å²) in [4.78, 5) is 24.8. The topological polar surface area (TPSA) is 67.4 Å². The number of carbonyl (C=O) groups is 2. The van der Waals surface area contributed by atoms with Gasteiger partial charge in [-0.05, 0) is 63.9 Å². The van der Waals surface area contributed by atoms with Gasteiger partial charge in [-0.25, -0.2) is 0 Å². The van der Waals surface area contributed by atoms with Crippen LogP contribution in [-0.2, 0) is 4.79 Å². The molecule has 2 amide bonds. The molecule has 0 bridgehead atoms. The van der Waals surface area contributed by atoms with Gasteiger partial charge in [0.05, 0.1) is 11.3 Å². The zero-order valence-electron chi connectivity index (χ0n) is 15.9. The zero-order valence-corrected chi connectivity index (χ0v) is 15.9. The summed E-state index contributed by atoms with van der Waals surface area (Å²) in [5.41, 5.74) is 2.92. The summed E-state index contributed by atoms with van der Waals surface area (Å²) in [5.74, 6) is 0.146. The average Bonchev–Trinajstić information content (AvgIpc) is 2.57. The molecule has 0 heterocycles. The normalized spacial score (nSPS) is 11.8. The number of carbonyl (C=O) groups excluding carboxylic acids is 2. The van der Waals surface area contributed by atoms with E-state index in [0.29, 0.717) is 17.0 Å². The lowest BCUT2D eigenvalue weighted by molar-refractivity contribution is -0.122. The van der Waals surface area contributed by atoms with E-state index in [-0.39, 0.29) is 17.9 Å². The molecule has 0 aliphatic carbocycles. The molecule has 2 aromatic rings. The van der Waals surface area contributed by atoms with Crippen LogP contribution in [0.2, 0.25) is 0 Å². The maximum Gasteiger partial charge on any atom is 0.265 e. The second-order valence-electron chi connectivity index (χ2n) is 6.69. The van der Waals surface area contributed by atoms with E-state index < -0.39 is 6.10 Å². The van der Waals surface area contributed by atoms with Crippen LogP contribution >= 0.6 is 0 Å². The van der Waals surface area contributed by atoms with Crippen LogP contribution in [-0.4, -0.2) is 24.0 Å². The quantitative estimate of drug-likeness (QED) is 0.828. The van der Waals surface area contributed by atoms with Crippen LogP contribution in [0.25, 0.3) is 0 Å². The van der Waals surface area contributed by atoms with Gasteiger partial charge in [0.2, 0.25) is 0 Å². The van der Waals surface area contributed by atoms with Crippen LogP contribution in [0, 0.1) is 13.8 Å². The first-order valence-corrected chi connectivity index (χ1v) is 8.72. The number of para-hydroxylation sites is 1. The van der Waals surface area contributed by atoms with Gasteiger partial charge in [-0.3, -0.25) is 9.59 Å². The van der Waals surface area contributed by atoms with Crippen molar-refractivity contribution in [3.8, 4) is 5.75 Å². The number of hydrogen-bond acceptors (Lipinski definition) is 3. The van der Waals surface area contributed by atoms with Gasteiger partial charge < -0.3 is 15.4 Å². The molecular formula is C21H26N2O3. The van der Waals surface area contributed by atoms with Crippen LogP contribution in [0.5, 0.6) is 5.75 Å². The van der Waals surface area contributed by atoms with Crippen molar-refractivity contribution < 1.29 is 14.3 Å². The van der Waals surface area contributed by atoms with E-state index in [1.807, 2.05) is 45.9 Å². The van der Waals surface area contributed by atoms with Crippen molar-refractivity contribution in [3.05, 3.63) is 59.2 Å². The smallest absolute Gasteiger partial charge is 0.265 e. The largest absolute Gasteiger partial charge is 0.481 e. The molecule has 1 atom stereocenters. The number of benzene rings is 2. The molecule has 0 spiro atoms. The third kappa shape index (κ3) is 5.09. The van der Waals surface area contributed by atoms with Gasteiger partial charge >= 0.3 is 0 Å². The Morgan fingerprint density at radius 2 is 1.69 bits per heavy atom. The lowest BCUT2D eigenvalue weighted by Crippen LogP contribution is -2.33. The Morgan fingerprint density at radius 3 is 2.38 bits per heavy atom. The van der Waals surface area contributed by atoms with E-state index in [1.54, 1.807) is 31.2 Å². The van der Waals surface area contributed by atoms with E-state index >= 15 is 0 Å². The third-order valence-electron chi connectivity index (χ3n) is 3.87. The Kier molecular flexibility index (Phi) is 6.39. The fraction of sp³-hybridized carbons (Fsp3) is 0.333. The van der Waals surface area contributed by atoms with E-state index in [0.717, 1.165) is 11.1 Å². The predicted octanol–water partition coefficient (Wildman–Crippen LogP) is 3.85. The lowest BCUT2D eigenvalue weighted by atomic mass is 10.1. The molecule has 2 rings (SSSR count). The third-order valence-corrected chi connectivity index (χ3v) is 3.87. The molecule has 5 nitrogen and oxygen atoms in total. The summed E-state index contributed by atoms with van der Waals surface area (Å²) in [6.45, 7) is 9.37. The Hall–Kier alpha value is -2.82. The minimum absolute atomic E-state index is 0.0119. The minimum Gasteiger partial charge on any atom is -0.481 e. The van der Waals surface area contributed by atoms with Gasteiger partial charge in [-0.2, -0.15) is 0 Å². The summed E-state index contributed by atoms with van der Waals surface area (Å²) in [6.07, 6.45) is -0.697. The van der Waals surface area contributed by atoms with Gasteiger partial charge in [-0.15, -0.1) is 0 Å². The van der Waals surface area contributed by atoms with Gasteiger partial charge in [0, 0.05) is 6.04 Å². The molecule has 26 heavy (non-hydrogen) atoms. The number of amides is 2. The number of anilines is 1. The highest BCUT2D eigenvalue weighted by Crippen LogP contribution is 2.21. The molecular weight excluding hydrogens is 328 g/mol. The summed E-state index contributed by atoms with van der Waals surface area (Å²) in [7, 11) is 0. The highest BCUT2D eigenvalue weighted by molar-refractivity contribution is 6.04. The molecule has 0 fully saturated rings. The molecule has 1 unspecified atom stereocenters. The summed E-state index contributed by atoms with van der Waals surface area (Å²) < 4.78 is 5.81. The van der Waals surface area contributed by atoms with E-state index in [2.05, 4.69) is 10.6 Å². The average molecular weight is 354 g/mol. The first-order valence-electron chi connectivity index (χ1n) is 8.72. The molecule has 138 valence electrons. The van der Waals surface area contributed by atoms with E-state index in [1.165, 1.54) is 0 Å². The van der Waals surface area contributed by atoms with Gasteiger partial charge in [0.15, 0.2) is 6.10 Å². The number of nitrogens with one attached hydrogen (secondary N) is 2. The number of aryl methyl sites for hydroxylation is 2. The molecule has 0 saturated carbocycles. The molecule has 0 radical (unpaired) electrons. The standard InChI is InChI=1S/C21H26N2O3/c1-13(2)22-21(25)17-8-6-7-9-18(17)23-20(24)16(5)26-19-12-14(3)10-11-15(19)4/h6-13,16H,1-5H3,(H,22,25)(H,23,24). The highest BCUT2D eigenvalue weighted by Gasteiger charge is 2.19. The van der Waals surface area contributed by atoms with Crippen molar-refractivity contribution in [3.63, 3.8) is 0 Å². The molecule has 0 saturated heterocycles. The zero-order chi connectivity index (χ0) is 19.3. The van der Waals surface area contributed by atoms with Gasteiger partial charge in [0.1, 0.15) is 5.75 Å². The van der Waals surface area contributed by atoms with Crippen molar-refractivity contribution in [2.24, 2.45) is 0 Å². The van der Waals surface area contributed by atoms with Crippen LogP contribution in [0.15, 0.2) is 42.5 Å². The fourth-order valence-corrected chi connectivity index (χ4v) is 2.44. The molecule has 0 aliphatic rings. The number of hydrogen-bond donors (Lipinski definition) is 2. The van der Waals surface area contributed by atoms with Crippen LogP contribution in [0.3, 0.4) is 0 Å². The van der Waals surface area contributed by atoms with Crippen molar-refractivity contribution in [2.45, 2.75) is 46.8 Å². The molecule has 2 aromatic carbocycles.